The van der Waals surface area contributed by atoms with Gasteiger partial charge in [0.25, 0.3) is 0 Å². The summed E-state index contributed by atoms with van der Waals surface area (Å²) < 4.78 is 68.6. The van der Waals surface area contributed by atoms with E-state index in [-0.39, 0.29) is 70.3 Å². The minimum atomic E-state index is -5.10. The van der Waals surface area contributed by atoms with Crippen molar-refractivity contribution in [2.45, 2.75) is 9.79 Å². The zero-order valence-corrected chi connectivity index (χ0v) is 21.6. The van der Waals surface area contributed by atoms with E-state index >= 15 is 0 Å². The van der Waals surface area contributed by atoms with Crippen molar-refractivity contribution >= 4 is 53.4 Å². The molecule has 1 aromatic heterocycles. The molecule has 13 heteroatoms. The van der Waals surface area contributed by atoms with Crippen LogP contribution in [0.2, 0.25) is 0 Å². The van der Waals surface area contributed by atoms with Crippen molar-refractivity contribution < 1.29 is 85.1 Å². The second kappa shape index (κ2) is 10.1. The minimum Gasteiger partial charge on any atom is -0.744 e. The van der Waals surface area contributed by atoms with E-state index in [0.717, 1.165) is 22.9 Å². The third-order valence-electron chi connectivity index (χ3n) is 3.49. The molecule has 29 heavy (non-hydrogen) atoms. The van der Waals surface area contributed by atoms with Crippen LogP contribution < -0.4 is 59.1 Å². The van der Waals surface area contributed by atoms with Crippen LogP contribution in [0.1, 0.15) is 10.6 Å². The van der Waals surface area contributed by atoms with E-state index in [1.54, 1.807) is 24.3 Å². The molecule has 3 rings (SSSR count). The van der Waals surface area contributed by atoms with Gasteiger partial charge in [0.15, 0.2) is 0 Å². The monoisotopic (exact) mass is 466 g/mol. The van der Waals surface area contributed by atoms with Gasteiger partial charge in [0.1, 0.15) is 31.3 Å². The van der Waals surface area contributed by atoms with Gasteiger partial charge in [-0.15, -0.1) is 11.3 Å². The van der Waals surface area contributed by atoms with Crippen LogP contribution in [-0.4, -0.2) is 30.9 Å². The number of hydrogen-bond acceptors (Lipinski definition) is 9. The quantitative estimate of drug-likeness (QED) is 0.216. The summed E-state index contributed by atoms with van der Waals surface area (Å²) in [5.41, 5.74) is 0.412. The molecule has 2 aromatic carbocycles. The molecule has 0 fully saturated rings. The molecule has 0 radical (unpaired) electrons. The number of hydrogen-bond donors (Lipinski definition) is 0. The Kier molecular flexibility index (Phi) is 9.22. The maximum absolute atomic E-state index is 11.5. The van der Waals surface area contributed by atoms with Crippen molar-refractivity contribution in [2.24, 2.45) is 0 Å². The van der Waals surface area contributed by atoms with Crippen molar-refractivity contribution in [3.05, 3.63) is 53.0 Å². The summed E-state index contributed by atoms with van der Waals surface area (Å²) in [5.74, 6) is 0. The van der Waals surface area contributed by atoms with Crippen molar-refractivity contribution in [3.63, 3.8) is 0 Å². The van der Waals surface area contributed by atoms with Crippen LogP contribution in [0.4, 0.5) is 0 Å². The molecular weight excluding hydrogens is 458 g/mol. The van der Waals surface area contributed by atoms with Crippen molar-refractivity contribution in [3.8, 4) is 6.07 Å². The Balaban J connectivity index is 0.00000210. The average molecular weight is 466 g/mol. The van der Waals surface area contributed by atoms with Crippen LogP contribution in [0.25, 0.3) is 21.9 Å². The second-order valence-corrected chi connectivity index (χ2v) is 9.02. The first-order valence-corrected chi connectivity index (χ1v) is 10.8. The largest absolute Gasteiger partial charge is 1.00 e. The molecule has 0 bridgehead atoms. The summed E-state index contributed by atoms with van der Waals surface area (Å²) in [5, 5.41) is 9.72. The Hall–Kier alpha value is -0.620. The summed E-state index contributed by atoms with van der Waals surface area (Å²) in [6, 6.07) is 11.3. The van der Waals surface area contributed by atoms with Gasteiger partial charge >= 0.3 is 59.1 Å². The Bertz CT molecular complexity index is 1310. The first-order chi connectivity index (χ1) is 12.6. The molecule has 0 N–H and O–H groups in total. The van der Waals surface area contributed by atoms with E-state index in [1.165, 1.54) is 11.3 Å². The summed E-state index contributed by atoms with van der Waals surface area (Å²) in [7, 11) is -10.1. The molecule has 0 atom stereocenters. The third kappa shape index (κ3) is 6.19. The van der Waals surface area contributed by atoms with Crippen molar-refractivity contribution in [1.29, 1.82) is 5.26 Å². The number of rotatable bonds is 4. The normalized spacial score (nSPS) is 12.0. The van der Waals surface area contributed by atoms with Crippen molar-refractivity contribution in [1.82, 2.24) is 4.98 Å². The number of benzene rings is 2. The van der Waals surface area contributed by atoms with Gasteiger partial charge in [-0.25, -0.2) is 21.8 Å². The Labute approximate surface area is 215 Å². The molecule has 3 aromatic rings. The third-order valence-corrected chi connectivity index (χ3v) is 6.28. The summed E-state index contributed by atoms with van der Waals surface area (Å²) >= 11 is 1.19. The van der Waals surface area contributed by atoms with Crippen LogP contribution in [0.5, 0.6) is 0 Å². The van der Waals surface area contributed by atoms with Gasteiger partial charge in [0, 0.05) is 0 Å². The van der Waals surface area contributed by atoms with Crippen molar-refractivity contribution in [2.75, 3.05) is 0 Å². The molecule has 0 aliphatic rings. The van der Waals surface area contributed by atoms with Gasteiger partial charge in [0.2, 0.25) is 0 Å². The smallest absolute Gasteiger partial charge is 0.744 e. The number of fused-ring (bicyclic) bond motifs is 1. The zero-order valence-electron chi connectivity index (χ0n) is 15.2. The van der Waals surface area contributed by atoms with Gasteiger partial charge in [-0.3, -0.25) is 0 Å². The molecule has 0 spiro atoms. The molecule has 0 saturated carbocycles. The zero-order chi connectivity index (χ0) is 19.8. The molecule has 0 aliphatic heterocycles. The fraction of sp³-hybridized carbons (Fsp3) is 0. The molecule has 0 unspecified atom stereocenters. The van der Waals surface area contributed by atoms with E-state index in [2.05, 4.69) is 4.98 Å². The van der Waals surface area contributed by atoms with Gasteiger partial charge in [-0.2, -0.15) is 5.26 Å². The topological polar surface area (TPSA) is 151 Å². The molecule has 138 valence electrons. The van der Waals surface area contributed by atoms with Gasteiger partial charge < -0.3 is 9.11 Å². The predicted molar refractivity (Wildman–Crippen MR) is 95.5 cm³/mol. The van der Waals surface area contributed by atoms with E-state index < -0.39 is 30.0 Å². The van der Waals surface area contributed by atoms with Gasteiger partial charge in [0.05, 0.1) is 25.6 Å². The number of para-hydroxylation sites is 1. The Morgan fingerprint density at radius 2 is 1.69 bits per heavy atom. The van der Waals surface area contributed by atoms with E-state index in [4.69, 9.17) is 0 Å². The number of nitriles is 1. The fourth-order valence-corrected chi connectivity index (χ4v) is 4.48. The molecular formula is C16H8N2Na2O6S3. The van der Waals surface area contributed by atoms with Crippen LogP contribution in [0, 0.1) is 11.3 Å². The molecule has 8 nitrogen and oxygen atoms in total. The standard InChI is InChI=1S/C16H10N2O6S3.2Na/c17-9-11(16-18-13-3-1-2-4-14(13)25-16)7-10-5-6-12(26(19,20)21)8-15(10)27(22,23)24;;/h1-8H,(H,19,20,21)(H,22,23,24);;/q;2*+1/p-2. The Morgan fingerprint density at radius 3 is 2.24 bits per heavy atom. The maximum atomic E-state index is 11.5. The van der Waals surface area contributed by atoms with E-state index in [0.29, 0.717) is 16.6 Å². The Morgan fingerprint density at radius 1 is 1.03 bits per heavy atom. The molecule has 0 amide bonds. The molecule has 0 aliphatic carbocycles. The van der Waals surface area contributed by atoms with E-state index in [1.807, 2.05) is 6.07 Å². The molecule has 0 saturated heterocycles. The van der Waals surface area contributed by atoms with Crippen LogP contribution in [0.15, 0.2) is 52.3 Å². The summed E-state index contributed by atoms with van der Waals surface area (Å²) in [6.07, 6.45) is 1.11. The van der Waals surface area contributed by atoms with Crippen LogP contribution in [-0.2, 0) is 20.2 Å². The second-order valence-electron chi connectivity index (χ2n) is 5.26. The minimum absolute atomic E-state index is 0. The predicted octanol–water partition coefficient (Wildman–Crippen LogP) is -3.82. The van der Waals surface area contributed by atoms with Crippen LogP contribution >= 0.6 is 11.3 Å². The first-order valence-electron chi connectivity index (χ1n) is 7.13. The first kappa shape index (κ1) is 26.4. The SMILES string of the molecule is N#CC(=Cc1ccc(S(=O)(=O)[O-])cc1S(=O)(=O)[O-])c1nc2ccccc2s1.[Na+].[Na+]. The summed E-state index contributed by atoms with van der Waals surface area (Å²) in [6.45, 7) is 0. The number of aromatic nitrogens is 1. The number of allylic oxidation sites excluding steroid dienone is 1. The summed E-state index contributed by atoms with van der Waals surface area (Å²) in [4.78, 5) is 2.52. The number of thiazole rings is 1. The fourth-order valence-electron chi connectivity index (χ4n) is 2.29. The average Bonchev–Trinajstić information content (AvgIpc) is 3.01. The van der Waals surface area contributed by atoms with E-state index in [9.17, 15) is 31.2 Å². The van der Waals surface area contributed by atoms with Gasteiger partial charge in [-0.05, 0) is 35.9 Å². The van der Waals surface area contributed by atoms with Gasteiger partial charge in [-0.1, -0.05) is 18.2 Å². The molecule has 1 heterocycles. The maximum Gasteiger partial charge on any atom is 1.00 e. The van der Waals surface area contributed by atoms with Crippen LogP contribution in [0.3, 0.4) is 0 Å². The number of nitrogens with zero attached hydrogens (tertiary/aromatic N) is 2.